The van der Waals surface area contributed by atoms with Crippen LogP contribution in [0.5, 0.6) is 0 Å². The van der Waals surface area contributed by atoms with Crippen LogP contribution in [0, 0.1) is 0 Å². The van der Waals surface area contributed by atoms with E-state index in [0.717, 1.165) is 19.6 Å². The number of rotatable bonds is 4. The fourth-order valence-corrected chi connectivity index (χ4v) is 2.38. The van der Waals surface area contributed by atoms with Gasteiger partial charge in [0.05, 0.1) is 0 Å². The zero-order valence-corrected chi connectivity index (χ0v) is 11.3. The molecule has 1 fully saturated rings. The number of halogens is 1. The Bertz CT molecular complexity index is 418. The molecular formula is C13H18ClN3O. The smallest absolute Gasteiger partial charge is 0.270 e. The zero-order chi connectivity index (χ0) is 13.0. The summed E-state index contributed by atoms with van der Waals surface area (Å²) in [7, 11) is 0. The molecular weight excluding hydrogens is 250 g/mol. The Kier molecular flexibility index (Phi) is 4.55. The molecule has 1 saturated heterocycles. The molecule has 5 heteroatoms. The zero-order valence-electron chi connectivity index (χ0n) is 10.5. The molecule has 4 nitrogen and oxygen atoms in total. The minimum Gasteiger partial charge on any atom is -0.347 e. The molecule has 1 aliphatic heterocycles. The third kappa shape index (κ3) is 3.68. The van der Waals surface area contributed by atoms with E-state index in [0.29, 0.717) is 10.7 Å². The predicted octanol–water partition coefficient (Wildman–Crippen LogP) is 1.95. The first-order valence-corrected chi connectivity index (χ1v) is 6.68. The molecule has 0 aromatic carbocycles. The molecule has 1 aliphatic rings. The van der Waals surface area contributed by atoms with Crippen molar-refractivity contribution >= 4 is 17.5 Å². The lowest BCUT2D eigenvalue weighted by molar-refractivity contribution is 0.0927. The van der Waals surface area contributed by atoms with Gasteiger partial charge < -0.3 is 10.2 Å². The van der Waals surface area contributed by atoms with Crippen molar-refractivity contribution in [1.29, 1.82) is 0 Å². The van der Waals surface area contributed by atoms with Crippen molar-refractivity contribution in [2.24, 2.45) is 0 Å². The van der Waals surface area contributed by atoms with Gasteiger partial charge in [0.2, 0.25) is 0 Å². The van der Waals surface area contributed by atoms with Gasteiger partial charge in [0.15, 0.2) is 0 Å². The first-order chi connectivity index (χ1) is 8.65. The summed E-state index contributed by atoms with van der Waals surface area (Å²) in [5.74, 6) is -0.163. The van der Waals surface area contributed by atoms with Gasteiger partial charge in [0.25, 0.3) is 5.91 Å². The highest BCUT2D eigenvalue weighted by Gasteiger charge is 2.17. The first kappa shape index (κ1) is 13.3. The van der Waals surface area contributed by atoms with Crippen LogP contribution < -0.4 is 5.32 Å². The molecule has 2 rings (SSSR count). The van der Waals surface area contributed by atoms with Gasteiger partial charge in [-0.2, -0.15) is 0 Å². The summed E-state index contributed by atoms with van der Waals surface area (Å²) in [5.41, 5.74) is 0.371. The van der Waals surface area contributed by atoms with Crippen molar-refractivity contribution < 1.29 is 4.79 Å². The van der Waals surface area contributed by atoms with E-state index in [9.17, 15) is 4.79 Å². The van der Waals surface area contributed by atoms with E-state index < -0.39 is 0 Å². The van der Waals surface area contributed by atoms with Gasteiger partial charge >= 0.3 is 0 Å². The van der Waals surface area contributed by atoms with Gasteiger partial charge in [-0.3, -0.25) is 9.78 Å². The molecule has 1 atom stereocenters. The maximum absolute atomic E-state index is 11.9. The number of amides is 1. The molecule has 0 aliphatic carbocycles. The first-order valence-electron chi connectivity index (χ1n) is 6.30. The van der Waals surface area contributed by atoms with Crippen LogP contribution in [-0.2, 0) is 0 Å². The minimum absolute atomic E-state index is 0.122. The van der Waals surface area contributed by atoms with Crippen molar-refractivity contribution in [3.05, 3.63) is 29.0 Å². The van der Waals surface area contributed by atoms with Gasteiger partial charge in [-0.05, 0) is 45.0 Å². The lowest BCUT2D eigenvalue weighted by Crippen LogP contribution is -2.41. The number of nitrogens with one attached hydrogen (secondary N) is 1. The maximum atomic E-state index is 11.9. The van der Waals surface area contributed by atoms with E-state index in [4.69, 9.17) is 11.6 Å². The highest BCUT2D eigenvalue weighted by atomic mass is 35.5. The quantitative estimate of drug-likeness (QED) is 0.907. The van der Waals surface area contributed by atoms with Gasteiger partial charge in [0, 0.05) is 23.8 Å². The van der Waals surface area contributed by atoms with Crippen LogP contribution in [0.3, 0.4) is 0 Å². The molecule has 18 heavy (non-hydrogen) atoms. The van der Waals surface area contributed by atoms with E-state index in [1.165, 1.54) is 12.8 Å². The van der Waals surface area contributed by atoms with E-state index in [1.807, 2.05) is 6.92 Å². The van der Waals surface area contributed by atoms with Crippen molar-refractivity contribution in [2.45, 2.75) is 25.8 Å². The van der Waals surface area contributed by atoms with Gasteiger partial charge in [0.1, 0.15) is 5.69 Å². The number of hydrogen-bond acceptors (Lipinski definition) is 3. The Balaban J connectivity index is 1.86. The van der Waals surface area contributed by atoms with Crippen LogP contribution in [-0.4, -0.2) is 41.5 Å². The second-order valence-corrected chi connectivity index (χ2v) is 5.18. The molecule has 1 aromatic rings. The van der Waals surface area contributed by atoms with Crippen LogP contribution in [0.2, 0.25) is 5.02 Å². The molecule has 0 radical (unpaired) electrons. The van der Waals surface area contributed by atoms with Crippen LogP contribution in [0.4, 0.5) is 0 Å². The predicted molar refractivity (Wildman–Crippen MR) is 71.8 cm³/mol. The SMILES string of the molecule is CC(CN1CCCC1)NC(=O)c1cc(Cl)ccn1. The largest absolute Gasteiger partial charge is 0.347 e. The number of carbonyl (C=O) groups excluding carboxylic acids is 1. The van der Waals surface area contributed by atoms with Crippen molar-refractivity contribution in [2.75, 3.05) is 19.6 Å². The van der Waals surface area contributed by atoms with Crippen LogP contribution in [0.25, 0.3) is 0 Å². The molecule has 1 amide bonds. The number of hydrogen-bond donors (Lipinski definition) is 1. The molecule has 0 saturated carbocycles. The summed E-state index contributed by atoms with van der Waals surface area (Å²) < 4.78 is 0. The van der Waals surface area contributed by atoms with E-state index in [-0.39, 0.29) is 11.9 Å². The minimum atomic E-state index is -0.163. The molecule has 98 valence electrons. The van der Waals surface area contributed by atoms with E-state index in [1.54, 1.807) is 18.3 Å². The van der Waals surface area contributed by atoms with Crippen molar-refractivity contribution in [1.82, 2.24) is 15.2 Å². The van der Waals surface area contributed by atoms with Gasteiger partial charge in [-0.15, -0.1) is 0 Å². The summed E-state index contributed by atoms with van der Waals surface area (Å²) in [4.78, 5) is 18.3. The highest BCUT2D eigenvalue weighted by molar-refractivity contribution is 6.30. The third-order valence-electron chi connectivity index (χ3n) is 3.06. The monoisotopic (exact) mass is 267 g/mol. The second kappa shape index (κ2) is 6.16. The van der Waals surface area contributed by atoms with Crippen molar-refractivity contribution in [3.8, 4) is 0 Å². The Hall–Kier alpha value is -1.13. The van der Waals surface area contributed by atoms with Crippen LogP contribution in [0.15, 0.2) is 18.3 Å². The Morgan fingerprint density at radius 1 is 1.56 bits per heavy atom. The summed E-state index contributed by atoms with van der Waals surface area (Å²) in [6.07, 6.45) is 4.06. The standard InChI is InChI=1S/C13H18ClN3O/c1-10(9-17-6-2-3-7-17)16-13(18)12-8-11(14)4-5-15-12/h4-5,8,10H,2-3,6-7,9H2,1H3,(H,16,18). The molecule has 1 aromatic heterocycles. The average molecular weight is 268 g/mol. The summed E-state index contributed by atoms with van der Waals surface area (Å²) in [5, 5.41) is 3.48. The lowest BCUT2D eigenvalue weighted by atomic mass is 10.2. The molecule has 0 bridgehead atoms. The Labute approximate surface area is 112 Å². The van der Waals surface area contributed by atoms with E-state index >= 15 is 0 Å². The number of likely N-dealkylation sites (tertiary alicyclic amines) is 1. The summed E-state index contributed by atoms with van der Waals surface area (Å²) in [6, 6.07) is 3.36. The summed E-state index contributed by atoms with van der Waals surface area (Å²) in [6.45, 7) is 5.18. The second-order valence-electron chi connectivity index (χ2n) is 4.74. The van der Waals surface area contributed by atoms with Crippen LogP contribution >= 0.6 is 11.6 Å². The molecule has 1 unspecified atom stereocenters. The lowest BCUT2D eigenvalue weighted by Gasteiger charge is -2.21. The maximum Gasteiger partial charge on any atom is 0.270 e. The topological polar surface area (TPSA) is 45.2 Å². The third-order valence-corrected chi connectivity index (χ3v) is 3.30. The fraction of sp³-hybridized carbons (Fsp3) is 0.538. The number of pyridine rings is 1. The Morgan fingerprint density at radius 2 is 2.28 bits per heavy atom. The summed E-state index contributed by atoms with van der Waals surface area (Å²) >= 11 is 5.83. The van der Waals surface area contributed by atoms with E-state index in [2.05, 4.69) is 15.2 Å². The molecule has 1 N–H and O–H groups in total. The average Bonchev–Trinajstić information content (AvgIpc) is 2.81. The Morgan fingerprint density at radius 3 is 2.94 bits per heavy atom. The number of carbonyl (C=O) groups is 1. The normalized spacial score (nSPS) is 17.7. The molecule has 0 spiro atoms. The van der Waals surface area contributed by atoms with Crippen molar-refractivity contribution in [3.63, 3.8) is 0 Å². The fourth-order valence-electron chi connectivity index (χ4n) is 2.22. The number of nitrogens with zero attached hydrogens (tertiary/aromatic N) is 2. The number of aromatic nitrogens is 1. The van der Waals surface area contributed by atoms with Gasteiger partial charge in [-0.25, -0.2) is 0 Å². The van der Waals surface area contributed by atoms with Gasteiger partial charge in [-0.1, -0.05) is 11.6 Å². The highest BCUT2D eigenvalue weighted by Crippen LogP contribution is 2.09. The van der Waals surface area contributed by atoms with Crippen LogP contribution in [0.1, 0.15) is 30.3 Å². The molecule has 2 heterocycles.